The van der Waals surface area contributed by atoms with Crippen molar-refractivity contribution in [3.63, 3.8) is 0 Å². The number of aromatic nitrogens is 2. The molecule has 0 aromatic carbocycles. The fourth-order valence-electron chi connectivity index (χ4n) is 2.97. The van der Waals surface area contributed by atoms with Crippen LogP contribution in [-0.4, -0.2) is 41.3 Å². The Morgan fingerprint density at radius 3 is 2.81 bits per heavy atom. The molecule has 0 spiro atoms. The van der Waals surface area contributed by atoms with E-state index >= 15 is 0 Å². The molecule has 1 N–H and O–H groups in total. The topological polar surface area (TPSA) is 54.2 Å². The molecule has 0 aliphatic heterocycles. The molecule has 114 valence electrons. The minimum atomic E-state index is 0.617. The molecule has 2 aromatic rings. The second-order valence-electron chi connectivity index (χ2n) is 5.69. The average molecular weight is 306 g/mol. The van der Waals surface area contributed by atoms with Crippen molar-refractivity contribution in [3.8, 4) is 10.8 Å². The first-order valence-electron chi connectivity index (χ1n) is 7.50. The van der Waals surface area contributed by atoms with Gasteiger partial charge in [-0.1, -0.05) is 6.07 Å². The zero-order chi connectivity index (χ0) is 14.7. The maximum atomic E-state index is 5.77. The third kappa shape index (κ3) is 3.51. The highest BCUT2D eigenvalue weighted by atomic mass is 32.1. The van der Waals surface area contributed by atoms with Gasteiger partial charge in [-0.15, -0.1) is 21.5 Å². The van der Waals surface area contributed by atoms with Crippen LogP contribution in [-0.2, 0) is 6.54 Å². The highest BCUT2D eigenvalue weighted by Crippen LogP contribution is 2.25. The van der Waals surface area contributed by atoms with Crippen LogP contribution in [0.1, 0.15) is 31.6 Å². The first-order chi connectivity index (χ1) is 10.3. The van der Waals surface area contributed by atoms with Gasteiger partial charge in [0.15, 0.2) is 0 Å². The number of rotatable bonds is 5. The summed E-state index contributed by atoms with van der Waals surface area (Å²) in [6.45, 7) is 0.729. The maximum Gasteiger partial charge on any atom is 0.257 e. The molecule has 0 radical (unpaired) electrons. The van der Waals surface area contributed by atoms with Gasteiger partial charge in [0, 0.05) is 12.1 Å². The van der Waals surface area contributed by atoms with Crippen LogP contribution >= 0.6 is 11.3 Å². The van der Waals surface area contributed by atoms with Gasteiger partial charge in [0.25, 0.3) is 5.89 Å². The zero-order valence-electron chi connectivity index (χ0n) is 12.6. The number of hydrogen-bond donors (Lipinski definition) is 1. The predicted octanol–water partition coefficient (Wildman–Crippen LogP) is 2.76. The van der Waals surface area contributed by atoms with Gasteiger partial charge >= 0.3 is 0 Å². The summed E-state index contributed by atoms with van der Waals surface area (Å²) < 4.78 is 5.77. The smallest absolute Gasteiger partial charge is 0.257 e. The number of nitrogens with one attached hydrogen (secondary N) is 1. The predicted molar refractivity (Wildman–Crippen MR) is 84.2 cm³/mol. The quantitative estimate of drug-likeness (QED) is 0.920. The van der Waals surface area contributed by atoms with Gasteiger partial charge in [-0.05, 0) is 51.2 Å². The fourth-order valence-corrected chi connectivity index (χ4v) is 3.61. The summed E-state index contributed by atoms with van der Waals surface area (Å²) in [6, 6.07) is 5.30. The summed E-state index contributed by atoms with van der Waals surface area (Å²) in [5.74, 6) is 1.34. The highest BCUT2D eigenvalue weighted by Gasteiger charge is 2.24. The summed E-state index contributed by atoms with van der Waals surface area (Å²) >= 11 is 1.62. The molecule has 21 heavy (non-hydrogen) atoms. The van der Waals surface area contributed by atoms with Crippen LogP contribution in [0.15, 0.2) is 21.9 Å². The lowest BCUT2D eigenvalue weighted by atomic mass is 9.90. The van der Waals surface area contributed by atoms with E-state index < -0.39 is 0 Å². The summed E-state index contributed by atoms with van der Waals surface area (Å²) in [7, 11) is 4.21. The lowest BCUT2D eigenvalue weighted by Crippen LogP contribution is -2.39. The molecule has 0 bridgehead atoms. The van der Waals surface area contributed by atoms with E-state index in [2.05, 4.69) is 34.5 Å². The minimum absolute atomic E-state index is 0.617. The summed E-state index contributed by atoms with van der Waals surface area (Å²) in [4.78, 5) is 3.38. The summed E-state index contributed by atoms with van der Waals surface area (Å²) in [6.07, 6.45) is 4.95. The molecule has 3 rings (SSSR count). The normalized spacial score (nSPS) is 22.8. The van der Waals surface area contributed by atoms with Crippen molar-refractivity contribution in [3.05, 3.63) is 23.4 Å². The summed E-state index contributed by atoms with van der Waals surface area (Å²) in [5, 5.41) is 13.7. The van der Waals surface area contributed by atoms with Gasteiger partial charge in [-0.3, -0.25) is 4.90 Å². The van der Waals surface area contributed by atoms with Crippen molar-refractivity contribution in [1.82, 2.24) is 20.4 Å². The van der Waals surface area contributed by atoms with Crippen molar-refractivity contribution in [2.75, 3.05) is 14.1 Å². The average Bonchev–Trinajstić information content (AvgIpc) is 3.18. The minimum Gasteiger partial charge on any atom is -0.419 e. The molecular formula is C15H22N4OS. The van der Waals surface area contributed by atoms with Gasteiger partial charge in [-0.2, -0.15) is 0 Å². The van der Waals surface area contributed by atoms with E-state index in [4.69, 9.17) is 4.42 Å². The van der Waals surface area contributed by atoms with Crippen molar-refractivity contribution in [2.24, 2.45) is 0 Å². The molecule has 1 fully saturated rings. The molecule has 0 unspecified atom stereocenters. The number of hydrogen-bond acceptors (Lipinski definition) is 6. The Labute approximate surface area is 129 Å². The van der Waals surface area contributed by atoms with E-state index in [1.807, 2.05) is 17.5 Å². The summed E-state index contributed by atoms with van der Waals surface area (Å²) in [5.41, 5.74) is 0. The van der Waals surface area contributed by atoms with E-state index in [9.17, 15) is 0 Å². The van der Waals surface area contributed by atoms with Gasteiger partial charge in [0.2, 0.25) is 5.89 Å². The number of thiophene rings is 1. The van der Waals surface area contributed by atoms with Crippen LogP contribution in [0.5, 0.6) is 0 Å². The van der Waals surface area contributed by atoms with Crippen molar-refractivity contribution in [1.29, 1.82) is 0 Å². The van der Waals surface area contributed by atoms with E-state index in [-0.39, 0.29) is 0 Å². The maximum absolute atomic E-state index is 5.77. The van der Waals surface area contributed by atoms with Gasteiger partial charge in [0.1, 0.15) is 0 Å². The molecule has 2 aromatic heterocycles. The molecule has 5 nitrogen and oxygen atoms in total. The SMILES string of the molecule is CNC1CCC(N(C)Cc2nnc(-c3cccs3)o2)CC1. The number of nitrogens with zero attached hydrogens (tertiary/aromatic N) is 3. The molecule has 1 saturated carbocycles. The standard InChI is InChI=1S/C15H22N4OS/c1-16-11-5-7-12(8-6-11)19(2)10-14-17-18-15(20-14)13-4-3-9-21-13/h3-4,9,11-12,16H,5-8,10H2,1-2H3. The molecule has 0 atom stereocenters. The Hall–Kier alpha value is -1.24. The van der Waals surface area contributed by atoms with E-state index in [1.54, 1.807) is 11.3 Å². The largest absolute Gasteiger partial charge is 0.419 e. The third-order valence-electron chi connectivity index (χ3n) is 4.31. The van der Waals surface area contributed by atoms with E-state index in [0.717, 1.165) is 11.4 Å². The monoisotopic (exact) mass is 306 g/mol. The third-order valence-corrected chi connectivity index (χ3v) is 5.17. The Morgan fingerprint density at radius 1 is 1.33 bits per heavy atom. The zero-order valence-corrected chi connectivity index (χ0v) is 13.4. The Morgan fingerprint density at radius 2 is 2.14 bits per heavy atom. The lowest BCUT2D eigenvalue weighted by molar-refractivity contribution is 0.158. The van der Waals surface area contributed by atoms with Gasteiger partial charge < -0.3 is 9.73 Å². The molecule has 2 heterocycles. The van der Waals surface area contributed by atoms with Gasteiger partial charge in [0.05, 0.1) is 11.4 Å². The van der Waals surface area contributed by atoms with Crippen molar-refractivity contribution in [2.45, 2.75) is 44.3 Å². The first kappa shape index (κ1) is 14.7. The first-order valence-corrected chi connectivity index (χ1v) is 8.38. The van der Waals surface area contributed by atoms with Crippen LogP contribution < -0.4 is 5.32 Å². The van der Waals surface area contributed by atoms with Crippen LogP contribution in [0.3, 0.4) is 0 Å². The van der Waals surface area contributed by atoms with Crippen molar-refractivity contribution < 1.29 is 4.42 Å². The van der Waals surface area contributed by atoms with Crippen LogP contribution in [0.25, 0.3) is 10.8 Å². The highest BCUT2D eigenvalue weighted by molar-refractivity contribution is 7.13. The second-order valence-corrected chi connectivity index (χ2v) is 6.64. The molecule has 0 saturated heterocycles. The molecule has 0 amide bonds. The van der Waals surface area contributed by atoms with Crippen molar-refractivity contribution >= 4 is 11.3 Å². The Balaban J connectivity index is 1.57. The molecule has 6 heteroatoms. The van der Waals surface area contributed by atoms with Gasteiger partial charge in [-0.25, -0.2) is 0 Å². The van der Waals surface area contributed by atoms with E-state index in [1.165, 1.54) is 25.7 Å². The van der Waals surface area contributed by atoms with Crippen LogP contribution in [0.2, 0.25) is 0 Å². The van der Waals surface area contributed by atoms with E-state index in [0.29, 0.717) is 23.9 Å². The molecular weight excluding hydrogens is 284 g/mol. The lowest BCUT2D eigenvalue weighted by Gasteiger charge is -2.33. The Bertz CT molecular complexity index is 546. The van der Waals surface area contributed by atoms with Crippen LogP contribution in [0, 0.1) is 0 Å². The molecule has 1 aliphatic carbocycles. The fraction of sp³-hybridized carbons (Fsp3) is 0.600. The Kier molecular flexibility index (Phi) is 4.67. The van der Waals surface area contributed by atoms with Crippen LogP contribution in [0.4, 0.5) is 0 Å². The molecule has 1 aliphatic rings. The second kappa shape index (κ2) is 6.68.